The van der Waals surface area contributed by atoms with Crippen molar-refractivity contribution in [2.24, 2.45) is 0 Å². The number of nitrogens with one attached hydrogen (secondary N) is 1. The lowest BCUT2D eigenvalue weighted by molar-refractivity contribution is 0.0787. The smallest absolute Gasteiger partial charge is 0.187 e. The number of aliphatic hydroxyl groups is 1. The number of unbranched alkanes of at least 4 members (excludes halogenated alkanes) is 2. The highest BCUT2D eigenvalue weighted by Crippen LogP contribution is 2.26. The van der Waals surface area contributed by atoms with Gasteiger partial charge in [-0.15, -0.1) is 11.3 Å². The molecule has 1 fully saturated rings. The molecule has 0 radical (unpaired) electrons. The minimum Gasteiger partial charge on any atom is -0.491 e. The number of aromatic nitrogens is 1. The predicted octanol–water partition coefficient (Wildman–Crippen LogP) is 4.55. The molecule has 0 amide bonds. The van der Waals surface area contributed by atoms with Gasteiger partial charge in [0.25, 0.3) is 0 Å². The summed E-state index contributed by atoms with van der Waals surface area (Å²) in [4.78, 5) is 6.89. The van der Waals surface area contributed by atoms with Gasteiger partial charge in [-0.25, -0.2) is 9.37 Å². The first-order valence-electron chi connectivity index (χ1n) is 9.68. The molecule has 7 heteroatoms. The van der Waals surface area contributed by atoms with E-state index >= 15 is 0 Å². The highest BCUT2D eigenvalue weighted by atomic mass is 32.1. The van der Waals surface area contributed by atoms with Gasteiger partial charge in [-0.1, -0.05) is 19.8 Å². The molecule has 0 spiro atoms. The van der Waals surface area contributed by atoms with Gasteiger partial charge in [0.15, 0.2) is 16.7 Å². The summed E-state index contributed by atoms with van der Waals surface area (Å²) in [7, 11) is 0. The van der Waals surface area contributed by atoms with Gasteiger partial charge in [-0.2, -0.15) is 0 Å². The van der Waals surface area contributed by atoms with Crippen molar-refractivity contribution in [1.82, 2.24) is 9.88 Å². The second kappa shape index (κ2) is 10.0. The molecule has 2 N–H and O–H groups in total. The maximum Gasteiger partial charge on any atom is 0.187 e. The van der Waals surface area contributed by atoms with Crippen LogP contribution >= 0.6 is 11.3 Å². The summed E-state index contributed by atoms with van der Waals surface area (Å²) in [5.74, 6) is -0.0658. The van der Waals surface area contributed by atoms with Gasteiger partial charge in [0.2, 0.25) is 0 Å². The van der Waals surface area contributed by atoms with Crippen LogP contribution in [0.5, 0.6) is 5.75 Å². The van der Waals surface area contributed by atoms with Crippen LogP contribution in [0.3, 0.4) is 0 Å². The van der Waals surface area contributed by atoms with Crippen LogP contribution in [0, 0.1) is 5.82 Å². The quantitative estimate of drug-likeness (QED) is 0.612. The van der Waals surface area contributed by atoms with E-state index in [4.69, 9.17) is 4.74 Å². The lowest BCUT2D eigenvalue weighted by Gasteiger charge is -2.28. The third-order valence-corrected chi connectivity index (χ3v) is 5.49. The van der Waals surface area contributed by atoms with Crippen LogP contribution in [0.15, 0.2) is 23.6 Å². The van der Waals surface area contributed by atoms with E-state index < -0.39 is 0 Å². The van der Waals surface area contributed by atoms with E-state index in [1.165, 1.54) is 17.4 Å². The first-order valence-corrected chi connectivity index (χ1v) is 10.6. The van der Waals surface area contributed by atoms with E-state index in [0.717, 1.165) is 62.6 Å². The molecule has 1 saturated heterocycles. The maximum atomic E-state index is 14.2. The van der Waals surface area contributed by atoms with E-state index in [0.29, 0.717) is 18.0 Å². The average Bonchev–Trinajstić information content (AvgIpc) is 3.09. The summed E-state index contributed by atoms with van der Waals surface area (Å²) in [6.07, 6.45) is 4.62. The molecule has 2 heterocycles. The van der Waals surface area contributed by atoms with Crippen molar-refractivity contribution in [2.45, 2.75) is 51.7 Å². The Kier molecular flexibility index (Phi) is 7.43. The number of rotatable bonds is 9. The van der Waals surface area contributed by atoms with E-state index in [1.54, 1.807) is 6.07 Å². The molecule has 0 bridgehead atoms. The fraction of sp³-hybridized carbons (Fsp3) is 0.550. The molecule has 0 saturated carbocycles. The topological polar surface area (TPSA) is 57.6 Å². The van der Waals surface area contributed by atoms with Crippen LogP contribution < -0.4 is 10.1 Å². The fourth-order valence-corrected chi connectivity index (χ4v) is 3.82. The molecule has 27 heavy (non-hydrogen) atoms. The molecule has 1 aromatic heterocycles. The summed E-state index contributed by atoms with van der Waals surface area (Å²) in [6, 6.07) is 4.92. The molecule has 2 aromatic rings. The predicted molar refractivity (Wildman–Crippen MR) is 107 cm³/mol. The zero-order valence-electron chi connectivity index (χ0n) is 15.8. The van der Waals surface area contributed by atoms with Crippen LogP contribution in [0.4, 0.5) is 15.2 Å². The molecule has 3 rings (SSSR count). The van der Waals surface area contributed by atoms with Gasteiger partial charge >= 0.3 is 0 Å². The highest BCUT2D eigenvalue weighted by Gasteiger charge is 2.18. The Morgan fingerprint density at radius 2 is 2.15 bits per heavy atom. The number of anilines is 2. The number of ether oxygens (including phenoxy) is 1. The summed E-state index contributed by atoms with van der Waals surface area (Å²) in [6.45, 7) is 5.24. The van der Waals surface area contributed by atoms with Crippen LogP contribution in [0.1, 0.15) is 44.7 Å². The monoisotopic (exact) mass is 393 g/mol. The zero-order valence-corrected chi connectivity index (χ0v) is 16.6. The van der Waals surface area contributed by atoms with Crippen molar-refractivity contribution < 1.29 is 14.2 Å². The number of likely N-dealkylation sites (tertiary alicyclic amines) is 1. The molecule has 148 valence electrons. The minimum atomic E-state index is -0.361. The molecular formula is C20H28FN3O2S. The lowest BCUT2D eigenvalue weighted by atomic mass is 10.1. The van der Waals surface area contributed by atoms with Crippen LogP contribution in [0.2, 0.25) is 0 Å². The van der Waals surface area contributed by atoms with Crippen LogP contribution in [-0.2, 0) is 6.54 Å². The number of aliphatic hydroxyl groups excluding tert-OH is 1. The van der Waals surface area contributed by atoms with Gasteiger partial charge in [0.05, 0.1) is 18.4 Å². The molecule has 0 atom stereocenters. The van der Waals surface area contributed by atoms with Crippen molar-refractivity contribution in [3.05, 3.63) is 35.1 Å². The van der Waals surface area contributed by atoms with Crippen molar-refractivity contribution in [1.29, 1.82) is 0 Å². The molecule has 1 aliphatic heterocycles. The Morgan fingerprint density at radius 3 is 2.89 bits per heavy atom. The maximum absolute atomic E-state index is 14.2. The Morgan fingerprint density at radius 1 is 1.33 bits per heavy atom. The van der Waals surface area contributed by atoms with Crippen molar-refractivity contribution in [3.63, 3.8) is 0 Å². The zero-order chi connectivity index (χ0) is 19.1. The molecule has 1 aromatic carbocycles. The SMILES string of the molecule is CCCCCOc1ccc(Nc2nc(CN3CCC(O)CC3)cs2)cc1F. The Bertz CT molecular complexity index is 717. The largest absolute Gasteiger partial charge is 0.491 e. The molecule has 5 nitrogen and oxygen atoms in total. The van der Waals surface area contributed by atoms with Crippen LogP contribution in [0.25, 0.3) is 0 Å². The van der Waals surface area contributed by atoms with Crippen molar-refractivity contribution in [2.75, 3.05) is 25.0 Å². The Hall–Kier alpha value is -1.70. The standard InChI is InChI=1S/C20H28FN3O2S/c1-2-3-4-11-26-19-6-5-15(12-18(19)21)22-20-23-16(14-27-20)13-24-9-7-17(25)8-10-24/h5-6,12,14,17,25H,2-4,7-11,13H2,1H3,(H,22,23). The Labute approximate surface area is 164 Å². The van der Waals surface area contributed by atoms with Gasteiger partial charge in [-0.3, -0.25) is 4.90 Å². The third kappa shape index (κ3) is 6.16. The third-order valence-electron chi connectivity index (χ3n) is 4.68. The second-order valence-corrected chi connectivity index (χ2v) is 7.84. The van der Waals surface area contributed by atoms with Gasteiger partial charge < -0.3 is 15.2 Å². The molecule has 0 unspecified atom stereocenters. The van der Waals surface area contributed by atoms with Crippen molar-refractivity contribution >= 4 is 22.2 Å². The second-order valence-electron chi connectivity index (χ2n) is 6.98. The van der Waals surface area contributed by atoms with Gasteiger partial charge in [-0.05, 0) is 31.4 Å². The fourth-order valence-electron chi connectivity index (χ4n) is 3.10. The van der Waals surface area contributed by atoms with E-state index in [-0.39, 0.29) is 11.9 Å². The summed E-state index contributed by atoms with van der Waals surface area (Å²) in [5, 5.41) is 15.5. The van der Waals surface area contributed by atoms with E-state index in [9.17, 15) is 9.50 Å². The number of hydrogen-bond donors (Lipinski definition) is 2. The first-order chi connectivity index (χ1) is 13.1. The molecular weight excluding hydrogens is 365 g/mol. The highest BCUT2D eigenvalue weighted by molar-refractivity contribution is 7.13. The average molecular weight is 394 g/mol. The minimum absolute atomic E-state index is 0.164. The number of piperidine rings is 1. The van der Waals surface area contributed by atoms with E-state index in [1.807, 2.05) is 11.4 Å². The van der Waals surface area contributed by atoms with Gasteiger partial charge in [0.1, 0.15) is 0 Å². The number of nitrogens with zero attached hydrogens (tertiary/aromatic N) is 2. The number of thiazole rings is 1. The first kappa shape index (κ1) is 20.0. The molecule has 0 aliphatic carbocycles. The summed E-state index contributed by atoms with van der Waals surface area (Å²) >= 11 is 1.51. The Balaban J connectivity index is 1.51. The number of halogens is 1. The van der Waals surface area contributed by atoms with Crippen molar-refractivity contribution in [3.8, 4) is 5.75 Å². The lowest BCUT2D eigenvalue weighted by Crippen LogP contribution is -2.35. The number of benzene rings is 1. The normalized spacial score (nSPS) is 15.8. The van der Waals surface area contributed by atoms with E-state index in [2.05, 4.69) is 22.1 Å². The van der Waals surface area contributed by atoms with Crippen LogP contribution in [-0.4, -0.2) is 40.8 Å². The van der Waals surface area contributed by atoms with Gasteiger partial charge in [0, 0.05) is 36.8 Å². The summed E-state index contributed by atoms with van der Waals surface area (Å²) in [5.41, 5.74) is 1.66. The number of hydrogen-bond acceptors (Lipinski definition) is 6. The molecule has 1 aliphatic rings. The summed E-state index contributed by atoms with van der Waals surface area (Å²) < 4.78 is 19.7.